The molecule has 0 aromatic carbocycles. The maximum atomic E-state index is 14.4. The Balaban J connectivity index is 1.45. The number of nitrogens with two attached hydrogens (primary N) is 1. The van der Waals surface area contributed by atoms with Crippen molar-refractivity contribution in [3.63, 3.8) is 0 Å². The lowest BCUT2D eigenvalue weighted by atomic mass is 9.78. The quantitative estimate of drug-likeness (QED) is 0.111. The molecular weight excluding hydrogens is 885 g/mol. The summed E-state index contributed by atoms with van der Waals surface area (Å²) in [5, 5.41) is 41.4. The largest absolute Gasteiger partial charge is 0.461 e. The maximum Gasteiger partial charge on any atom is 0.329 e. The molecule has 1 aromatic heterocycles. The Morgan fingerprint density at radius 2 is 1.71 bits per heavy atom. The van der Waals surface area contributed by atoms with Gasteiger partial charge in [-0.2, -0.15) is 0 Å². The molecule has 2 bridgehead atoms. The number of Topliss-reactive ketones (excluding diaryl/α,β-unsaturated/α-hetero) is 2. The molecule has 7 unspecified atom stereocenters. The van der Waals surface area contributed by atoms with Crippen molar-refractivity contribution in [2.45, 2.75) is 192 Å². The molecule has 0 radical (unpaired) electrons. The second-order valence-corrected chi connectivity index (χ2v) is 20.7. The van der Waals surface area contributed by atoms with Gasteiger partial charge in [0, 0.05) is 44.7 Å². The second-order valence-electron chi connectivity index (χ2n) is 20.7. The van der Waals surface area contributed by atoms with Gasteiger partial charge in [-0.1, -0.05) is 74.9 Å². The number of aliphatic hydroxyl groups excluding tert-OH is 2. The highest BCUT2D eigenvalue weighted by molar-refractivity contribution is 6.39. The third-order valence-corrected chi connectivity index (χ3v) is 15.0. The van der Waals surface area contributed by atoms with E-state index in [1.54, 1.807) is 33.2 Å². The first-order valence-corrected chi connectivity index (χ1v) is 25.4. The Morgan fingerprint density at radius 3 is 2.42 bits per heavy atom. The van der Waals surface area contributed by atoms with E-state index in [0.717, 1.165) is 12.0 Å². The topological polar surface area (TPSA) is 233 Å². The molecule has 6 N–H and O–H groups in total. The van der Waals surface area contributed by atoms with Crippen LogP contribution in [0.3, 0.4) is 0 Å². The third kappa shape index (κ3) is 15.5. The van der Waals surface area contributed by atoms with E-state index in [9.17, 15) is 34.5 Å². The molecule has 69 heavy (non-hydrogen) atoms. The number of aromatic nitrogens is 1. The van der Waals surface area contributed by atoms with Crippen molar-refractivity contribution in [3.05, 3.63) is 60.1 Å². The molecule has 5 rings (SSSR count). The number of allylic oxidation sites excluding steroid dienone is 5. The van der Waals surface area contributed by atoms with Gasteiger partial charge in [-0.3, -0.25) is 14.4 Å². The Labute approximate surface area is 409 Å². The number of rotatable bonds is 7. The zero-order valence-corrected chi connectivity index (χ0v) is 42.3. The predicted octanol–water partition coefficient (Wildman–Crippen LogP) is 6.54. The van der Waals surface area contributed by atoms with Gasteiger partial charge in [-0.05, 0) is 127 Å². The van der Waals surface area contributed by atoms with Crippen molar-refractivity contribution in [1.29, 1.82) is 0 Å². The van der Waals surface area contributed by atoms with E-state index in [1.165, 1.54) is 18.3 Å². The normalized spacial score (nSPS) is 38.8. The summed E-state index contributed by atoms with van der Waals surface area (Å²) in [5.41, 5.74) is 8.87. The van der Waals surface area contributed by atoms with Crippen molar-refractivity contribution in [2.24, 2.45) is 35.3 Å². The van der Waals surface area contributed by atoms with Gasteiger partial charge in [0.2, 0.25) is 5.79 Å². The van der Waals surface area contributed by atoms with Crippen LogP contribution in [-0.2, 0) is 38.1 Å². The van der Waals surface area contributed by atoms with Crippen molar-refractivity contribution in [3.8, 4) is 0 Å². The standard InChI is InChI=1S/C53H82N4O12/c1-32-14-10-9-11-15-33(2)25-40(56-41-30-55-67-31-41)29-42-20-17-37(6)53(64,69-42)50(61)51(62)57-23-13-12-16-43(57)52(63)68-45(34(3)26-38-18-21-44(58)46(28-38)65-7)22-19-39(54)27-36(5)48(60)49(66-8)47(59)35(4)24-32/h9-11,14-15,27,30-32,34-35,37-40,42-46,48-49,56,58,60,64H,12-13,16-26,28-29,54H2,1-8H3/b11-9+,14-10+,33-15+,36-27+/t32-,34-,35?,37?,38?,39+,40+,42+,43?,44-,45+,46?,48?,49+,53?/m1/s1. The fraction of sp³-hybridized carbons (Fsp3) is 0.717. The summed E-state index contributed by atoms with van der Waals surface area (Å²) in [5.74, 6) is -6.39. The van der Waals surface area contributed by atoms with Gasteiger partial charge >= 0.3 is 5.97 Å². The van der Waals surface area contributed by atoms with Crippen LogP contribution >= 0.6 is 0 Å². The fourth-order valence-corrected chi connectivity index (χ4v) is 10.8. The number of amides is 1. The molecule has 0 spiro atoms. The van der Waals surface area contributed by atoms with E-state index in [2.05, 4.69) is 10.5 Å². The van der Waals surface area contributed by atoms with Crippen LogP contribution in [-0.4, -0.2) is 130 Å². The van der Waals surface area contributed by atoms with E-state index in [1.807, 2.05) is 58.1 Å². The number of carbonyl (C=O) groups is 4. The number of aliphatic hydroxyl groups is 3. The molecule has 4 aliphatic rings. The average Bonchev–Trinajstić information content (AvgIpc) is 3.84. The summed E-state index contributed by atoms with van der Waals surface area (Å²) in [4.78, 5) is 58.2. The number of nitrogens with zero attached hydrogens (tertiary/aromatic N) is 2. The molecule has 2 saturated heterocycles. The van der Waals surface area contributed by atoms with Gasteiger partial charge in [0.25, 0.3) is 11.7 Å². The lowest BCUT2D eigenvalue weighted by Crippen LogP contribution is -2.61. The van der Waals surface area contributed by atoms with E-state index < -0.39 is 77.9 Å². The number of ketones is 2. The summed E-state index contributed by atoms with van der Waals surface area (Å²) in [6.07, 6.45) is 17.5. The molecule has 1 saturated carbocycles. The Morgan fingerprint density at radius 1 is 0.942 bits per heavy atom. The van der Waals surface area contributed by atoms with Crippen LogP contribution in [0.15, 0.2) is 64.6 Å². The van der Waals surface area contributed by atoms with E-state index >= 15 is 0 Å². The highest BCUT2D eigenvalue weighted by Gasteiger charge is 2.53. The molecule has 386 valence electrons. The van der Waals surface area contributed by atoms with Crippen LogP contribution in [0, 0.1) is 29.6 Å². The fourth-order valence-electron chi connectivity index (χ4n) is 10.8. The smallest absolute Gasteiger partial charge is 0.329 e. The van der Waals surface area contributed by atoms with E-state index in [-0.39, 0.29) is 48.6 Å². The van der Waals surface area contributed by atoms with Gasteiger partial charge in [0.15, 0.2) is 5.78 Å². The number of esters is 1. The van der Waals surface area contributed by atoms with Crippen molar-refractivity contribution < 1.29 is 58.0 Å². The van der Waals surface area contributed by atoms with Crippen molar-refractivity contribution in [2.75, 3.05) is 26.1 Å². The first-order chi connectivity index (χ1) is 32.8. The molecule has 1 aromatic rings. The van der Waals surface area contributed by atoms with Crippen molar-refractivity contribution in [1.82, 2.24) is 10.1 Å². The van der Waals surface area contributed by atoms with Crippen molar-refractivity contribution >= 4 is 29.1 Å². The molecular formula is C53H82N4O12. The number of ether oxygens (including phenoxy) is 4. The first-order valence-electron chi connectivity index (χ1n) is 25.4. The Hall–Kier alpha value is -4.03. The molecule has 16 heteroatoms. The lowest BCUT2D eigenvalue weighted by molar-refractivity contribution is -0.264. The van der Waals surface area contributed by atoms with Gasteiger partial charge < -0.3 is 54.7 Å². The molecule has 15 atom stereocenters. The lowest BCUT2D eigenvalue weighted by Gasteiger charge is -2.43. The summed E-state index contributed by atoms with van der Waals surface area (Å²) < 4.78 is 29.0. The SMILES string of the molecule is COC1CC(C[C@@H](C)[C@@H]2CC[C@H](N)/C=C(\C)C(O)[C@@H](OC)C(=O)C(C)C[C@H](C)/C=C/C=C/C=C(\C)C[C@H](Nc3cnoc3)C[C@@H]3CCC(C)C(O)(O3)C(=O)C(=O)N3CCCCC3C(=O)O2)CC[C@H]1O. The Bertz CT molecular complexity index is 1950. The summed E-state index contributed by atoms with van der Waals surface area (Å²) in [7, 11) is 3.01. The third-order valence-electron chi connectivity index (χ3n) is 15.0. The molecule has 1 amide bonds. The molecule has 3 aliphatic heterocycles. The molecule has 16 nitrogen and oxygen atoms in total. The number of carbonyl (C=O) groups excluding carboxylic acids is 4. The van der Waals surface area contributed by atoms with Gasteiger partial charge in [0.05, 0.1) is 30.2 Å². The Kier molecular flexibility index (Phi) is 21.4. The van der Waals surface area contributed by atoms with Crippen LogP contribution in [0.4, 0.5) is 5.69 Å². The summed E-state index contributed by atoms with van der Waals surface area (Å²) in [6, 6.07) is -1.88. The minimum Gasteiger partial charge on any atom is -0.461 e. The van der Waals surface area contributed by atoms with Gasteiger partial charge in [-0.25, -0.2) is 4.79 Å². The van der Waals surface area contributed by atoms with Gasteiger partial charge in [0.1, 0.15) is 30.6 Å². The van der Waals surface area contributed by atoms with Crippen LogP contribution < -0.4 is 11.1 Å². The summed E-state index contributed by atoms with van der Waals surface area (Å²) in [6.45, 7) is 11.4. The van der Waals surface area contributed by atoms with E-state index in [0.29, 0.717) is 88.3 Å². The number of cyclic esters (lactones) is 1. The zero-order valence-electron chi connectivity index (χ0n) is 42.3. The second kappa shape index (κ2) is 26.4. The van der Waals surface area contributed by atoms with Crippen LogP contribution in [0.25, 0.3) is 0 Å². The monoisotopic (exact) mass is 967 g/mol. The highest BCUT2D eigenvalue weighted by Crippen LogP contribution is 2.38. The number of nitrogens with one attached hydrogen (secondary N) is 1. The number of fused-ring (bicyclic) bond motifs is 3. The first kappa shape index (κ1) is 55.9. The molecule has 1 aliphatic carbocycles. The number of methoxy groups -OCH3 is 2. The zero-order chi connectivity index (χ0) is 50.4. The maximum absolute atomic E-state index is 14.4. The number of anilines is 1. The molecule has 3 fully saturated rings. The number of hydrogen-bond donors (Lipinski definition) is 5. The minimum atomic E-state index is -2.42. The number of piperidine rings is 1. The average molecular weight is 967 g/mol. The van der Waals surface area contributed by atoms with Gasteiger partial charge in [-0.15, -0.1) is 0 Å². The predicted molar refractivity (Wildman–Crippen MR) is 261 cm³/mol. The number of hydrogen-bond acceptors (Lipinski definition) is 15. The highest BCUT2D eigenvalue weighted by atomic mass is 16.6. The van der Waals surface area contributed by atoms with Crippen LogP contribution in [0.2, 0.25) is 0 Å². The molecule has 4 heterocycles. The van der Waals surface area contributed by atoms with E-state index in [4.69, 9.17) is 29.2 Å². The van der Waals surface area contributed by atoms with Crippen LogP contribution in [0.1, 0.15) is 131 Å². The minimum absolute atomic E-state index is 0.0478. The summed E-state index contributed by atoms with van der Waals surface area (Å²) >= 11 is 0. The van der Waals surface area contributed by atoms with Crippen LogP contribution in [0.5, 0.6) is 0 Å².